The first-order valence-electron chi connectivity index (χ1n) is 5.84. The van der Waals surface area contributed by atoms with Gasteiger partial charge < -0.3 is 0 Å². The molecule has 3 aromatic rings. The first kappa shape index (κ1) is 12.0. The molecule has 1 aromatic carbocycles. The van der Waals surface area contributed by atoms with Gasteiger partial charge in [0.15, 0.2) is 0 Å². The lowest BCUT2D eigenvalue weighted by Crippen LogP contribution is -2.11. The molecule has 0 saturated heterocycles. The molecule has 0 radical (unpaired) electrons. The summed E-state index contributed by atoms with van der Waals surface area (Å²) in [7, 11) is 0. The second kappa shape index (κ2) is 4.59. The van der Waals surface area contributed by atoms with E-state index in [1.807, 2.05) is 12.3 Å². The van der Waals surface area contributed by atoms with Crippen LogP contribution in [0.1, 0.15) is 15.5 Å². The van der Waals surface area contributed by atoms with Crippen molar-refractivity contribution in [1.82, 2.24) is 9.55 Å². The fourth-order valence-electron chi connectivity index (χ4n) is 2.01. The summed E-state index contributed by atoms with van der Waals surface area (Å²) < 4.78 is 15.0. The summed E-state index contributed by atoms with van der Waals surface area (Å²) in [4.78, 5) is 16.4. The van der Waals surface area contributed by atoms with Crippen molar-refractivity contribution < 1.29 is 9.18 Å². The number of carbonyl (C=O) groups is 1. The molecule has 0 atom stereocenters. The van der Waals surface area contributed by atoms with Crippen molar-refractivity contribution in [3.05, 3.63) is 52.5 Å². The third-order valence-corrected chi connectivity index (χ3v) is 3.74. The average molecular weight is 274 g/mol. The number of benzene rings is 1. The number of halogens is 1. The van der Waals surface area contributed by atoms with E-state index in [0.29, 0.717) is 5.39 Å². The smallest absolute Gasteiger partial charge is 0.236 e. The van der Waals surface area contributed by atoms with Gasteiger partial charge in [-0.15, -0.1) is 11.3 Å². The van der Waals surface area contributed by atoms with Crippen LogP contribution in [0.5, 0.6) is 0 Å². The molecule has 0 bridgehead atoms. The Kier molecular flexibility index (Phi) is 2.91. The largest absolute Gasteiger partial charge is 0.293 e. The lowest BCUT2D eigenvalue weighted by Gasteiger charge is -1.98. The van der Waals surface area contributed by atoms with Crippen LogP contribution in [0.3, 0.4) is 0 Å². The minimum absolute atomic E-state index is 0.110. The standard InChI is InChI=1S/C14H11FN2OS/c1-9-16-11(8-19-9)5-14(18)17-6-10-3-2-4-13(15)12(10)7-17/h2-4,6-8H,5H2,1H3. The predicted molar refractivity (Wildman–Crippen MR) is 73.1 cm³/mol. The molecule has 2 heterocycles. The van der Waals surface area contributed by atoms with E-state index in [1.54, 1.807) is 18.3 Å². The molecular formula is C14H11FN2OS. The number of hydrogen-bond donors (Lipinski definition) is 0. The number of aromatic nitrogens is 2. The highest BCUT2D eigenvalue weighted by Gasteiger charge is 2.11. The normalized spacial score (nSPS) is 11.1. The van der Waals surface area contributed by atoms with Crippen molar-refractivity contribution >= 4 is 28.0 Å². The first-order valence-corrected chi connectivity index (χ1v) is 6.72. The molecule has 96 valence electrons. The van der Waals surface area contributed by atoms with E-state index in [-0.39, 0.29) is 18.1 Å². The number of fused-ring (bicyclic) bond motifs is 1. The predicted octanol–water partition coefficient (Wildman–Crippen LogP) is 3.43. The zero-order chi connectivity index (χ0) is 13.4. The molecule has 0 fully saturated rings. The molecule has 0 saturated carbocycles. The first-order chi connectivity index (χ1) is 9.13. The molecule has 0 aliphatic heterocycles. The molecule has 0 spiro atoms. The number of rotatable bonds is 2. The summed E-state index contributed by atoms with van der Waals surface area (Å²) in [5.41, 5.74) is 0.755. The van der Waals surface area contributed by atoms with Gasteiger partial charge >= 0.3 is 0 Å². The summed E-state index contributed by atoms with van der Waals surface area (Å²) >= 11 is 1.52. The van der Waals surface area contributed by atoms with Gasteiger partial charge in [-0.1, -0.05) is 12.1 Å². The molecule has 0 unspecified atom stereocenters. The van der Waals surface area contributed by atoms with E-state index in [2.05, 4.69) is 4.98 Å². The zero-order valence-corrected chi connectivity index (χ0v) is 11.1. The maximum absolute atomic E-state index is 13.6. The molecule has 19 heavy (non-hydrogen) atoms. The lowest BCUT2D eigenvalue weighted by atomic mass is 10.2. The third kappa shape index (κ3) is 2.29. The van der Waals surface area contributed by atoms with Gasteiger partial charge in [0.25, 0.3) is 0 Å². The Balaban J connectivity index is 1.91. The number of hydrogen-bond acceptors (Lipinski definition) is 3. The number of aryl methyl sites for hydroxylation is 1. The summed E-state index contributed by atoms with van der Waals surface area (Å²) in [5, 5.41) is 4.00. The topological polar surface area (TPSA) is 34.9 Å². The maximum Gasteiger partial charge on any atom is 0.236 e. The van der Waals surface area contributed by atoms with Gasteiger partial charge in [0.05, 0.1) is 17.1 Å². The second-order valence-corrected chi connectivity index (χ2v) is 5.40. The van der Waals surface area contributed by atoms with Crippen molar-refractivity contribution in [1.29, 1.82) is 0 Å². The number of carbonyl (C=O) groups excluding carboxylic acids is 1. The van der Waals surface area contributed by atoms with Gasteiger partial charge in [-0.2, -0.15) is 0 Å². The van der Waals surface area contributed by atoms with Crippen molar-refractivity contribution in [2.75, 3.05) is 0 Å². The molecule has 3 nitrogen and oxygen atoms in total. The minimum atomic E-state index is -0.312. The highest BCUT2D eigenvalue weighted by Crippen LogP contribution is 2.19. The van der Waals surface area contributed by atoms with E-state index >= 15 is 0 Å². The summed E-state index contributed by atoms with van der Waals surface area (Å²) in [6.07, 6.45) is 3.42. The van der Waals surface area contributed by atoms with Gasteiger partial charge in [-0.25, -0.2) is 9.37 Å². The van der Waals surface area contributed by atoms with Crippen molar-refractivity contribution in [3.63, 3.8) is 0 Å². The van der Waals surface area contributed by atoms with E-state index in [1.165, 1.54) is 28.2 Å². The van der Waals surface area contributed by atoms with E-state index < -0.39 is 0 Å². The molecule has 0 amide bonds. The summed E-state index contributed by atoms with van der Waals surface area (Å²) in [6, 6.07) is 4.81. The van der Waals surface area contributed by atoms with Gasteiger partial charge in [0.1, 0.15) is 5.82 Å². The molecule has 0 aliphatic carbocycles. The Morgan fingerprint density at radius 2 is 2.26 bits per heavy atom. The Morgan fingerprint density at radius 3 is 2.95 bits per heavy atom. The Bertz CT molecular complexity index is 760. The summed E-state index contributed by atoms with van der Waals surface area (Å²) in [5.74, 6) is -0.422. The van der Waals surface area contributed by atoms with Crippen LogP contribution in [0.25, 0.3) is 10.8 Å². The molecule has 3 rings (SSSR count). The molecule has 5 heteroatoms. The van der Waals surface area contributed by atoms with Gasteiger partial charge in [-0.3, -0.25) is 9.36 Å². The monoisotopic (exact) mass is 274 g/mol. The fourth-order valence-corrected chi connectivity index (χ4v) is 2.62. The molecule has 0 N–H and O–H groups in total. The number of thiazole rings is 1. The van der Waals surface area contributed by atoms with Gasteiger partial charge in [0, 0.05) is 28.5 Å². The molecule has 0 aliphatic rings. The number of nitrogens with zero attached hydrogens (tertiary/aromatic N) is 2. The highest BCUT2D eigenvalue weighted by molar-refractivity contribution is 7.09. The quantitative estimate of drug-likeness (QED) is 0.717. The van der Waals surface area contributed by atoms with E-state index in [0.717, 1.165) is 16.1 Å². The summed E-state index contributed by atoms with van der Waals surface area (Å²) in [6.45, 7) is 1.90. The van der Waals surface area contributed by atoms with Crippen LogP contribution in [0, 0.1) is 12.7 Å². The van der Waals surface area contributed by atoms with Gasteiger partial charge in [0.2, 0.25) is 5.91 Å². The lowest BCUT2D eigenvalue weighted by molar-refractivity contribution is 0.0914. The van der Waals surface area contributed by atoms with Crippen LogP contribution >= 0.6 is 11.3 Å². The Labute approximate surface area is 113 Å². The minimum Gasteiger partial charge on any atom is -0.293 e. The average Bonchev–Trinajstić information content (AvgIpc) is 2.96. The van der Waals surface area contributed by atoms with E-state index in [9.17, 15) is 9.18 Å². The van der Waals surface area contributed by atoms with Crippen molar-refractivity contribution in [2.45, 2.75) is 13.3 Å². The Morgan fingerprint density at radius 1 is 1.42 bits per heavy atom. The molecule has 2 aromatic heterocycles. The van der Waals surface area contributed by atoms with Gasteiger partial charge in [-0.05, 0) is 13.0 Å². The maximum atomic E-state index is 13.6. The zero-order valence-electron chi connectivity index (χ0n) is 10.3. The van der Waals surface area contributed by atoms with Crippen LogP contribution in [0.2, 0.25) is 0 Å². The van der Waals surface area contributed by atoms with Crippen LogP contribution in [0.4, 0.5) is 4.39 Å². The van der Waals surface area contributed by atoms with Crippen LogP contribution < -0.4 is 0 Å². The molecular weight excluding hydrogens is 263 g/mol. The Hall–Kier alpha value is -2.01. The van der Waals surface area contributed by atoms with E-state index in [4.69, 9.17) is 0 Å². The van der Waals surface area contributed by atoms with Crippen LogP contribution in [0.15, 0.2) is 36.0 Å². The van der Waals surface area contributed by atoms with Crippen LogP contribution in [-0.2, 0) is 6.42 Å². The highest BCUT2D eigenvalue weighted by atomic mass is 32.1. The SMILES string of the molecule is Cc1nc(CC(=O)n2cc3cccc(F)c3c2)cs1. The van der Waals surface area contributed by atoms with Crippen molar-refractivity contribution in [2.24, 2.45) is 0 Å². The third-order valence-electron chi connectivity index (χ3n) is 2.92. The second-order valence-electron chi connectivity index (χ2n) is 4.34. The fraction of sp³-hybridized carbons (Fsp3) is 0.143. The van der Waals surface area contributed by atoms with Crippen LogP contribution in [-0.4, -0.2) is 15.5 Å². The van der Waals surface area contributed by atoms with Crippen molar-refractivity contribution in [3.8, 4) is 0 Å².